The maximum Gasteiger partial charge on any atom is 0.252 e. The number of carbonyl (C=O) groups excluding carboxylic acids is 2. The number of primary amides is 1. The lowest BCUT2D eigenvalue weighted by atomic mass is 10.1. The summed E-state index contributed by atoms with van der Waals surface area (Å²) in [5, 5.41) is 4.73. The molecule has 0 aliphatic carbocycles. The molecule has 2 aromatic carbocycles. The summed E-state index contributed by atoms with van der Waals surface area (Å²) in [6.45, 7) is 1.96. The lowest BCUT2D eigenvalue weighted by Gasteiger charge is -2.32. The molecular formula is C27H31N5O3. The molecule has 1 unspecified atom stereocenters. The van der Waals surface area contributed by atoms with E-state index < -0.39 is 5.91 Å². The van der Waals surface area contributed by atoms with E-state index in [0.29, 0.717) is 36.6 Å². The number of para-hydroxylation sites is 1. The lowest BCUT2D eigenvalue weighted by molar-refractivity contribution is -0.127. The molecule has 1 atom stereocenters. The number of likely N-dealkylation sites (N-methyl/N-ethyl adjacent to an activating group) is 1. The predicted octanol–water partition coefficient (Wildman–Crippen LogP) is 3.72. The molecule has 1 aromatic heterocycles. The van der Waals surface area contributed by atoms with Crippen molar-refractivity contribution in [1.82, 2.24) is 19.6 Å². The summed E-state index contributed by atoms with van der Waals surface area (Å²) in [5.41, 5.74) is 7.34. The van der Waals surface area contributed by atoms with Crippen molar-refractivity contribution in [2.24, 2.45) is 5.73 Å². The van der Waals surface area contributed by atoms with E-state index in [9.17, 15) is 9.59 Å². The Morgan fingerprint density at radius 1 is 1.11 bits per heavy atom. The fourth-order valence-corrected chi connectivity index (χ4v) is 4.12. The Hall–Kier alpha value is -3.91. The van der Waals surface area contributed by atoms with Gasteiger partial charge in [0.25, 0.3) is 5.91 Å². The Balaban J connectivity index is 1.51. The molecule has 1 aliphatic rings. The molecule has 0 radical (unpaired) electrons. The second kappa shape index (κ2) is 11.0. The minimum atomic E-state index is -0.536. The van der Waals surface area contributed by atoms with Crippen LogP contribution < -0.4 is 10.5 Å². The number of aromatic nitrogens is 2. The maximum absolute atomic E-state index is 12.6. The highest BCUT2D eigenvalue weighted by Gasteiger charge is 2.26. The fraction of sp³-hybridized carbons (Fsp3) is 0.296. The van der Waals surface area contributed by atoms with Gasteiger partial charge < -0.3 is 20.3 Å². The van der Waals surface area contributed by atoms with Crippen molar-refractivity contribution in [3.63, 3.8) is 0 Å². The Morgan fingerprint density at radius 3 is 2.51 bits per heavy atom. The molecule has 4 rings (SSSR count). The molecule has 0 bridgehead atoms. The van der Waals surface area contributed by atoms with E-state index in [1.807, 2.05) is 84.6 Å². The molecule has 2 N–H and O–H groups in total. The first-order valence-electron chi connectivity index (χ1n) is 11.7. The zero-order valence-corrected chi connectivity index (χ0v) is 20.1. The second-order valence-electron chi connectivity index (χ2n) is 8.92. The fourth-order valence-electron chi connectivity index (χ4n) is 4.12. The molecule has 182 valence electrons. The number of ether oxygens (including phenoxy) is 1. The van der Waals surface area contributed by atoms with Gasteiger partial charge in [-0.05, 0) is 63.3 Å². The van der Waals surface area contributed by atoms with Crippen LogP contribution in [0.5, 0.6) is 11.5 Å². The van der Waals surface area contributed by atoms with Crippen LogP contribution in [-0.4, -0.2) is 65.1 Å². The number of benzene rings is 2. The van der Waals surface area contributed by atoms with Crippen LogP contribution in [0.4, 0.5) is 0 Å². The first-order valence-corrected chi connectivity index (χ1v) is 11.7. The molecule has 1 saturated heterocycles. The highest BCUT2D eigenvalue weighted by molar-refractivity contribution is 5.98. The molecule has 8 nitrogen and oxygen atoms in total. The summed E-state index contributed by atoms with van der Waals surface area (Å²) in [6.07, 6.45) is 6.94. The Bertz CT molecular complexity index is 1190. The van der Waals surface area contributed by atoms with Crippen LogP contribution in [0.2, 0.25) is 0 Å². The zero-order valence-electron chi connectivity index (χ0n) is 20.1. The minimum absolute atomic E-state index is 0.00643. The Morgan fingerprint density at radius 2 is 1.83 bits per heavy atom. The monoisotopic (exact) mass is 473 g/mol. The lowest BCUT2D eigenvalue weighted by Crippen LogP contribution is -2.40. The van der Waals surface area contributed by atoms with Gasteiger partial charge in [-0.1, -0.05) is 24.3 Å². The zero-order chi connectivity index (χ0) is 24.8. The first kappa shape index (κ1) is 24.2. The number of rotatable bonds is 8. The van der Waals surface area contributed by atoms with Gasteiger partial charge in [-0.15, -0.1) is 0 Å². The number of amides is 2. The van der Waals surface area contributed by atoms with Gasteiger partial charge in [0.2, 0.25) is 5.91 Å². The third-order valence-electron chi connectivity index (χ3n) is 5.92. The van der Waals surface area contributed by atoms with Gasteiger partial charge in [-0.3, -0.25) is 14.3 Å². The summed E-state index contributed by atoms with van der Waals surface area (Å²) in [5.74, 6) is 0.887. The number of nitrogens with zero attached hydrogens (tertiary/aromatic N) is 4. The van der Waals surface area contributed by atoms with Crippen LogP contribution in [0.25, 0.3) is 11.3 Å². The smallest absolute Gasteiger partial charge is 0.252 e. The molecular weight excluding hydrogens is 442 g/mol. The van der Waals surface area contributed by atoms with E-state index in [4.69, 9.17) is 15.6 Å². The summed E-state index contributed by atoms with van der Waals surface area (Å²) in [4.78, 5) is 28.7. The van der Waals surface area contributed by atoms with Crippen LogP contribution >= 0.6 is 0 Å². The van der Waals surface area contributed by atoms with E-state index in [1.165, 1.54) is 0 Å². The summed E-state index contributed by atoms with van der Waals surface area (Å²) < 4.78 is 7.64. The third kappa shape index (κ3) is 6.16. The van der Waals surface area contributed by atoms with Gasteiger partial charge in [-0.2, -0.15) is 5.10 Å². The first-order chi connectivity index (χ1) is 16.9. The SMILES string of the molecule is CN(C)CC=CC(=O)N1CCCC(n2cc(C(N)=O)c(-c3ccc(Oc4ccccc4)cc3)n2)C1. The maximum atomic E-state index is 12.6. The van der Waals surface area contributed by atoms with Gasteiger partial charge in [-0.25, -0.2) is 0 Å². The van der Waals surface area contributed by atoms with Crippen molar-refractivity contribution in [2.75, 3.05) is 33.7 Å². The average Bonchev–Trinajstić information content (AvgIpc) is 3.31. The normalized spacial score (nSPS) is 16.1. The van der Waals surface area contributed by atoms with Crippen molar-refractivity contribution in [3.8, 4) is 22.8 Å². The quantitative estimate of drug-likeness (QED) is 0.503. The largest absolute Gasteiger partial charge is 0.457 e. The van der Waals surface area contributed by atoms with E-state index in [-0.39, 0.29) is 11.9 Å². The molecule has 2 amide bonds. The van der Waals surface area contributed by atoms with Crippen LogP contribution in [0.1, 0.15) is 29.2 Å². The molecule has 2 heterocycles. The number of piperidine rings is 1. The van der Waals surface area contributed by atoms with Crippen LogP contribution in [0.3, 0.4) is 0 Å². The molecule has 0 saturated carbocycles. The van der Waals surface area contributed by atoms with Gasteiger partial charge in [0, 0.05) is 37.5 Å². The highest BCUT2D eigenvalue weighted by atomic mass is 16.5. The number of likely N-dealkylation sites (tertiary alicyclic amines) is 1. The number of hydrogen-bond donors (Lipinski definition) is 1. The van der Waals surface area contributed by atoms with Crippen LogP contribution in [-0.2, 0) is 4.79 Å². The summed E-state index contributed by atoms with van der Waals surface area (Å²) in [6, 6.07) is 16.9. The summed E-state index contributed by atoms with van der Waals surface area (Å²) in [7, 11) is 3.92. The Labute approximate surface area is 205 Å². The minimum Gasteiger partial charge on any atom is -0.457 e. The molecule has 1 fully saturated rings. The topological polar surface area (TPSA) is 93.7 Å². The third-order valence-corrected chi connectivity index (χ3v) is 5.92. The van der Waals surface area contributed by atoms with Gasteiger partial charge in [0.15, 0.2) is 0 Å². The average molecular weight is 474 g/mol. The second-order valence-corrected chi connectivity index (χ2v) is 8.92. The van der Waals surface area contributed by atoms with E-state index in [0.717, 1.165) is 24.2 Å². The number of hydrogen-bond acceptors (Lipinski definition) is 5. The molecule has 35 heavy (non-hydrogen) atoms. The van der Waals surface area contributed by atoms with Crippen molar-refractivity contribution in [1.29, 1.82) is 0 Å². The van der Waals surface area contributed by atoms with Crippen molar-refractivity contribution >= 4 is 11.8 Å². The highest BCUT2D eigenvalue weighted by Crippen LogP contribution is 2.29. The number of carbonyl (C=O) groups is 2. The molecule has 1 aliphatic heterocycles. The molecule has 0 spiro atoms. The van der Waals surface area contributed by atoms with Crippen molar-refractivity contribution in [3.05, 3.63) is 78.5 Å². The van der Waals surface area contributed by atoms with Gasteiger partial charge in [0.05, 0.1) is 11.6 Å². The van der Waals surface area contributed by atoms with Crippen molar-refractivity contribution in [2.45, 2.75) is 18.9 Å². The van der Waals surface area contributed by atoms with E-state index in [1.54, 1.807) is 17.0 Å². The van der Waals surface area contributed by atoms with Gasteiger partial charge >= 0.3 is 0 Å². The van der Waals surface area contributed by atoms with Crippen LogP contribution in [0, 0.1) is 0 Å². The van der Waals surface area contributed by atoms with Crippen molar-refractivity contribution < 1.29 is 14.3 Å². The van der Waals surface area contributed by atoms with E-state index >= 15 is 0 Å². The molecule has 8 heteroatoms. The summed E-state index contributed by atoms with van der Waals surface area (Å²) >= 11 is 0. The standard InChI is InChI=1S/C27H31N5O3/c1-30(2)16-7-11-25(33)31-17-6-8-21(18-31)32-19-24(27(28)34)26(29-32)20-12-14-23(15-13-20)35-22-9-4-3-5-10-22/h3-5,7,9-15,19,21H,6,8,16-18H2,1-2H3,(H2,28,34). The van der Waals surface area contributed by atoms with Crippen LogP contribution in [0.15, 0.2) is 72.9 Å². The molecule has 3 aromatic rings. The number of nitrogens with two attached hydrogens (primary N) is 1. The Kier molecular flexibility index (Phi) is 7.62. The van der Waals surface area contributed by atoms with Gasteiger partial charge in [0.1, 0.15) is 17.2 Å². The van der Waals surface area contributed by atoms with E-state index in [2.05, 4.69) is 0 Å². The predicted molar refractivity (Wildman–Crippen MR) is 135 cm³/mol.